The van der Waals surface area contributed by atoms with Crippen molar-refractivity contribution in [3.05, 3.63) is 35.6 Å². The maximum atomic E-state index is 4.14. The molecule has 0 aromatic rings. The zero-order chi connectivity index (χ0) is 10.8. The second kappa shape index (κ2) is 8.30. The monoisotopic (exact) mass is 192 g/mol. The van der Waals surface area contributed by atoms with Crippen molar-refractivity contribution in [3.63, 3.8) is 0 Å². The average molecular weight is 192 g/mol. The average Bonchev–Trinajstić information content (AvgIpc) is 2.14. The zero-order valence-corrected chi connectivity index (χ0v) is 9.54. The molecule has 0 spiro atoms. The van der Waals surface area contributed by atoms with Gasteiger partial charge in [-0.1, -0.05) is 17.7 Å². The van der Waals surface area contributed by atoms with Crippen LogP contribution >= 0.6 is 0 Å². The van der Waals surface area contributed by atoms with Crippen LogP contribution in [0.1, 0.15) is 27.7 Å². The van der Waals surface area contributed by atoms with Gasteiger partial charge in [-0.05, 0) is 39.8 Å². The van der Waals surface area contributed by atoms with E-state index in [4.69, 9.17) is 0 Å². The second-order valence-electron chi connectivity index (χ2n) is 3.29. The molecule has 0 aromatic carbocycles. The molecule has 2 nitrogen and oxygen atoms in total. The lowest BCUT2D eigenvalue weighted by atomic mass is 10.3. The van der Waals surface area contributed by atoms with Gasteiger partial charge in [0.25, 0.3) is 0 Å². The summed E-state index contributed by atoms with van der Waals surface area (Å²) in [5.41, 5.74) is 2.42. The van der Waals surface area contributed by atoms with Crippen molar-refractivity contribution in [1.82, 2.24) is 5.32 Å². The minimum atomic E-state index is 0.628. The summed E-state index contributed by atoms with van der Waals surface area (Å²) in [7, 11) is 0. The highest BCUT2D eigenvalue weighted by Gasteiger charge is 1.82. The smallest absolute Gasteiger partial charge is 0.107 e. The number of rotatable bonds is 5. The van der Waals surface area contributed by atoms with Crippen molar-refractivity contribution >= 4 is 6.21 Å². The Morgan fingerprint density at radius 3 is 2.50 bits per heavy atom. The topological polar surface area (TPSA) is 24.4 Å². The molecule has 0 fully saturated rings. The van der Waals surface area contributed by atoms with Gasteiger partial charge in [0.05, 0.1) is 0 Å². The normalized spacial score (nSPS) is 12.4. The van der Waals surface area contributed by atoms with Crippen LogP contribution in [0.15, 0.2) is 40.6 Å². The van der Waals surface area contributed by atoms with Gasteiger partial charge >= 0.3 is 0 Å². The second-order valence-corrected chi connectivity index (χ2v) is 3.29. The molecule has 0 aliphatic rings. The number of nitrogens with one attached hydrogen (secondary N) is 1. The fraction of sp³-hybridized carbons (Fsp3) is 0.417. The van der Waals surface area contributed by atoms with Crippen LogP contribution in [0.25, 0.3) is 0 Å². The van der Waals surface area contributed by atoms with Crippen LogP contribution in [0, 0.1) is 0 Å². The predicted molar refractivity (Wildman–Crippen MR) is 64.5 cm³/mol. The summed E-state index contributed by atoms with van der Waals surface area (Å²) in [4.78, 5) is 4.14. The molecule has 14 heavy (non-hydrogen) atoms. The summed E-state index contributed by atoms with van der Waals surface area (Å²) in [6, 6.07) is 0. The SMILES string of the molecule is C/C=C\C=N/CN/C(C)=C/C=C(C)C. The maximum Gasteiger partial charge on any atom is 0.107 e. The third-order valence-corrected chi connectivity index (χ3v) is 1.50. The number of hydrogen-bond donors (Lipinski definition) is 1. The van der Waals surface area contributed by atoms with E-state index < -0.39 is 0 Å². The Morgan fingerprint density at radius 1 is 1.21 bits per heavy atom. The molecule has 0 saturated heterocycles. The van der Waals surface area contributed by atoms with Gasteiger partial charge in [-0.2, -0.15) is 0 Å². The maximum absolute atomic E-state index is 4.14. The Balaban J connectivity index is 3.79. The van der Waals surface area contributed by atoms with Crippen LogP contribution in [0.3, 0.4) is 0 Å². The van der Waals surface area contributed by atoms with Crippen LogP contribution in [0.4, 0.5) is 0 Å². The van der Waals surface area contributed by atoms with Gasteiger partial charge in [-0.3, -0.25) is 4.99 Å². The highest BCUT2D eigenvalue weighted by Crippen LogP contribution is 1.92. The summed E-state index contributed by atoms with van der Waals surface area (Å²) < 4.78 is 0. The van der Waals surface area contributed by atoms with Crippen LogP contribution in [0.5, 0.6) is 0 Å². The Hall–Kier alpha value is -1.31. The van der Waals surface area contributed by atoms with Gasteiger partial charge in [0.15, 0.2) is 0 Å². The van der Waals surface area contributed by atoms with E-state index in [2.05, 4.69) is 36.3 Å². The van der Waals surface area contributed by atoms with Crippen LogP contribution in [0.2, 0.25) is 0 Å². The van der Waals surface area contributed by atoms with Crippen molar-refractivity contribution < 1.29 is 0 Å². The molecular weight excluding hydrogens is 172 g/mol. The van der Waals surface area contributed by atoms with E-state index in [1.165, 1.54) is 5.57 Å². The molecule has 2 heteroatoms. The molecule has 0 amide bonds. The van der Waals surface area contributed by atoms with E-state index in [1.54, 1.807) is 6.21 Å². The van der Waals surface area contributed by atoms with Crippen molar-refractivity contribution in [2.45, 2.75) is 27.7 Å². The van der Waals surface area contributed by atoms with E-state index in [0.29, 0.717) is 6.67 Å². The van der Waals surface area contributed by atoms with Gasteiger partial charge in [-0.25, -0.2) is 0 Å². The minimum Gasteiger partial charge on any atom is -0.370 e. The first-order chi connectivity index (χ1) is 6.66. The van der Waals surface area contributed by atoms with Gasteiger partial charge in [-0.15, -0.1) is 0 Å². The van der Waals surface area contributed by atoms with E-state index >= 15 is 0 Å². The lowest BCUT2D eigenvalue weighted by molar-refractivity contribution is 0.831. The predicted octanol–water partition coefficient (Wildman–Crippen LogP) is 3.05. The molecule has 0 rings (SSSR count). The number of allylic oxidation sites excluding steroid dienone is 6. The zero-order valence-electron chi connectivity index (χ0n) is 9.54. The van der Waals surface area contributed by atoms with E-state index in [9.17, 15) is 0 Å². The highest BCUT2D eigenvalue weighted by atomic mass is 15.0. The summed E-state index contributed by atoms with van der Waals surface area (Å²) in [5.74, 6) is 0. The molecule has 0 aliphatic heterocycles. The summed E-state index contributed by atoms with van der Waals surface area (Å²) in [6.45, 7) is 8.79. The first kappa shape index (κ1) is 12.7. The molecule has 0 unspecified atom stereocenters. The molecule has 1 N–H and O–H groups in total. The molecule has 0 saturated carbocycles. The Bertz CT molecular complexity index is 253. The number of nitrogens with zero attached hydrogens (tertiary/aromatic N) is 1. The number of aliphatic imine (C=N–C) groups is 1. The first-order valence-corrected chi connectivity index (χ1v) is 4.83. The van der Waals surface area contributed by atoms with Gasteiger partial charge in [0, 0.05) is 11.9 Å². The lowest BCUT2D eigenvalue weighted by Crippen LogP contribution is -2.10. The summed E-state index contributed by atoms with van der Waals surface area (Å²) in [6.07, 6.45) is 9.80. The largest absolute Gasteiger partial charge is 0.370 e. The fourth-order valence-electron chi connectivity index (χ4n) is 0.721. The van der Waals surface area contributed by atoms with Crippen molar-refractivity contribution in [3.8, 4) is 0 Å². The quantitative estimate of drug-likeness (QED) is 0.525. The molecule has 78 valence electrons. The van der Waals surface area contributed by atoms with Crippen LogP contribution < -0.4 is 5.32 Å². The van der Waals surface area contributed by atoms with E-state index in [1.807, 2.05) is 26.0 Å². The minimum absolute atomic E-state index is 0.628. The van der Waals surface area contributed by atoms with Crippen molar-refractivity contribution in [2.24, 2.45) is 4.99 Å². The molecule has 0 radical (unpaired) electrons. The lowest BCUT2D eigenvalue weighted by Gasteiger charge is -2.00. The fourth-order valence-corrected chi connectivity index (χ4v) is 0.721. The van der Waals surface area contributed by atoms with Gasteiger partial charge < -0.3 is 5.32 Å². The summed E-state index contributed by atoms with van der Waals surface area (Å²) >= 11 is 0. The molecular formula is C12H20N2. The molecule has 0 aliphatic carbocycles. The van der Waals surface area contributed by atoms with Crippen molar-refractivity contribution in [2.75, 3.05) is 6.67 Å². The summed E-state index contributed by atoms with van der Waals surface area (Å²) in [5, 5.41) is 3.18. The first-order valence-electron chi connectivity index (χ1n) is 4.83. The number of hydrogen-bond acceptors (Lipinski definition) is 2. The van der Waals surface area contributed by atoms with Crippen LogP contribution in [-0.4, -0.2) is 12.9 Å². The van der Waals surface area contributed by atoms with E-state index in [0.717, 1.165) is 5.70 Å². The molecule has 0 aromatic heterocycles. The van der Waals surface area contributed by atoms with Gasteiger partial charge in [0.2, 0.25) is 0 Å². The van der Waals surface area contributed by atoms with Gasteiger partial charge in [0.1, 0.15) is 6.67 Å². The molecule has 0 bridgehead atoms. The van der Waals surface area contributed by atoms with Crippen LogP contribution in [-0.2, 0) is 0 Å². The third kappa shape index (κ3) is 8.78. The Kier molecular flexibility index (Phi) is 7.52. The van der Waals surface area contributed by atoms with E-state index in [-0.39, 0.29) is 0 Å². The standard InChI is InChI=1S/C12H20N2/c1-5-6-9-13-10-14-12(4)8-7-11(2)3/h5-9,14H,10H2,1-4H3/b6-5-,12-8+,13-9-. The van der Waals surface area contributed by atoms with Crippen molar-refractivity contribution in [1.29, 1.82) is 0 Å². The Morgan fingerprint density at radius 2 is 1.93 bits per heavy atom. The molecule has 0 atom stereocenters. The third-order valence-electron chi connectivity index (χ3n) is 1.50. The highest BCUT2D eigenvalue weighted by molar-refractivity contribution is 5.70. The molecule has 0 heterocycles. The Labute approximate surface area is 87.1 Å².